The number of amides is 1. The van der Waals surface area contributed by atoms with E-state index in [1.165, 1.54) is 0 Å². The van der Waals surface area contributed by atoms with Gasteiger partial charge in [-0.15, -0.1) is 0 Å². The SMILES string of the molecule is C[C@H]1CC[C@H](c2nc(C(F)F)c(NC(=O)c3ccn4cccnc34)o2)CC1. The van der Waals surface area contributed by atoms with Gasteiger partial charge in [0.05, 0.1) is 5.56 Å². The van der Waals surface area contributed by atoms with E-state index < -0.39 is 18.0 Å². The molecule has 3 aromatic rings. The number of anilines is 1. The Morgan fingerprint density at radius 1 is 1.30 bits per heavy atom. The van der Waals surface area contributed by atoms with E-state index in [9.17, 15) is 13.6 Å². The van der Waals surface area contributed by atoms with E-state index in [-0.39, 0.29) is 23.3 Å². The van der Waals surface area contributed by atoms with Gasteiger partial charge in [0.1, 0.15) is 5.65 Å². The molecule has 0 saturated heterocycles. The largest absolute Gasteiger partial charge is 0.424 e. The summed E-state index contributed by atoms with van der Waals surface area (Å²) in [7, 11) is 0. The predicted molar refractivity (Wildman–Crippen MR) is 95.0 cm³/mol. The summed E-state index contributed by atoms with van der Waals surface area (Å²) in [6.45, 7) is 2.18. The number of carbonyl (C=O) groups excluding carboxylic acids is 1. The molecule has 0 aromatic carbocycles. The second-order valence-corrected chi connectivity index (χ2v) is 7.06. The van der Waals surface area contributed by atoms with E-state index in [0.29, 0.717) is 11.6 Å². The van der Waals surface area contributed by atoms with Gasteiger partial charge in [-0.2, -0.15) is 0 Å². The fraction of sp³-hybridized carbons (Fsp3) is 0.421. The zero-order valence-corrected chi connectivity index (χ0v) is 14.9. The first-order chi connectivity index (χ1) is 13.0. The Labute approximate surface area is 154 Å². The molecule has 1 saturated carbocycles. The van der Waals surface area contributed by atoms with Crippen molar-refractivity contribution in [2.75, 3.05) is 5.32 Å². The molecule has 0 spiro atoms. The van der Waals surface area contributed by atoms with Crippen molar-refractivity contribution < 1.29 is 18.0 Å². The van der Waals surface area contributed by atoms with Gasteiger partial charge >= 0.3 is 0 Å². The van der Waals surface area contributed by atoms with Gasteiger partial charge in [-0.25, -0.2) is 18.7 Å². The van der Waals surface area contributed by atoms with E-state index in [0.717, 1.165) is 25.7 Å². The number of halogens is 2. The maximum atomic E-state index is 13.4. The Kier molecular flexibility index (Phi) is 4.63. The fourth-order valence-corrected chi connectivity index (χ4v) is 3.56. The highest BCUT2D eigenvalue weighted by Crippen LogP contribution is 2.38. The van der Waals surface area contributed by atoms with E-state index in [4.69, 9.17) is 4.42 Å². The van der Waals surface area contributed by atoms with Gasteiger partial charge in [0, 0.05) is 24.5 Å². The lowest BCUT2D eigenvalue weighted by Gasteiger charge is -2.23. The van der Waals surface area contributed by atoms with Crippen LogP contribution in [0.5, 0.6) is 0 Å². The molecule has 1 aliphatic carbocycles. The number of rotatable bonds is 4. The van der Waals surface area contributed by atoms with Gasteiger partial charge in [-0.1, -0.05) is 6.92 Å². The van der Waals surface area contributed by atoms with Crippen LogP contribution in [0.4, 0.5) is 14.7 Å². The highest BCUT2D eigenvalue weighted by Gasteiger charge is 2.29. The van der Waals surface area contributed by atoms with Crippen LogP contribution >= 0.6 is 0 Å². The molecule has 0 aliphatic heterocycles. The van der Waals surface area contributed by atoms with Crippen LogP contribution in [0, 0.1) is 5.92 Å². The molecule has 0 unspecified atom stereocenters. The molecular weight excluding hydrogens is 354 g/mol. The van der Waals surface area contributed by atoms with Gasteiger partial charge in [-0.05, 0) is 43.7 Å². The normalized spacial score (nSPS) is 20.3. The van der Waals surface area contributed by atoms with Gasteiger partial charge in [0.25, 0.3) is 12.3 Å². The molecule has 0 bridgehead atoms. The van der Waals surface area contributed by atoms with E-state index in [2.05, 4.69) is 22.2 Å². The molecule has 1 aliphatic rings. The first-order valence-corrected chi connectivity index (χ1v) is 9.04. The van der Waals surface area contributed by atoms with E-state index in [1.54, 1.807) is 35.1 Å². The summed E-state index contributed by atoms with van der Waals surface area (Å²) in [5.41, 5.74) is 0.198. The molecule has 4 rings (SSSR count). The Bertz CT molecular complexity index is 958. The Morgan fingerprint density at radius 3 is 2.81 bits per heavy atom. The number of nitrogens with one attached hydrogen (secondary N) is 1. The Hall–Kier alpha value is -2.77. The number of hydrogen-bond acceptors (Lipinski definition) is 4. The van der Waals surface area contributed by atoms with Crippen molar-refractivity contribution >= 4 is 17.4 Å². The van der Waals surface area contributed by atoms with Crippen molar-refractivity contribution in [3.05, 3.63) is 47.9 Å². The summed E-state index contributed by atoms with van der Waals surface area (Å²) in [4.78, 5) is 20.8. The second-order valence-electron chi connectivity index (χ2n) is 7.06. The highest BCUT2D eigenvalue weighted by molar-refractivity contribution is 6.08. The van der Waals surface area contributed by atoms with Crippen LogP contribution in [-0.4, -0.2) is 20.3 Å². The molecule has 8 heteroatoms. The van der Waals surface area contributed by atoms with Crippen LogP contribution in [0.15, 0.2) is 35.1 Å². The lowest BCUT2D eigenvalue weighted by Crippen LogP contribution is -2.13. The predicted octanol–water partition coefficient (Wildman–Crippen LogP) is 4.81. The first kappa shape index (κ1) is 17.6. The standard InChI is InChI=1S/C19H20F2N4O2/c1-11-3-5-12(6-4-11)18-23-14(15(20)21)19(27-18)24-17(26)13-7-10-25-9-2-8-22-16(13)25/h2,7-12,15H,3-6H2,1H3,(H,24,26)/t11-,12-. The smallest absolute Gasteiger partial charge is 0.285 e. The number of alkyl halides is 2. The minimum absolute atomic E-state index is 0.0151. The molecule has 3 aromatic heterocycles. The van der Waals surface area contributed by atoms with E-state index in [1.807, 2.05) is 0 Å². The van der Waals surface area contributed by atoms with Crippen LogP contribution in [0.3, 0.4) is 0 Å². The second kappa shape index (κ2) is 7.09. The summed E-state index contributed by atoms with van der Waals surface area (Å²) in [6, 6.07) is 3.32. The third-order valence-corrected chi connectivity index (χ3v) is 5.13. The fourth-order valence-electron chi connectivity index (χ4n) is 3.56. The molecule has 1 fully saturated rings. The maximum absolute atomic E-state index is 13.4. The lowest BCUT2D eigenvalue weighted by atomic mass is 9.83. The summed E-state index contributed by atoms with van der Waals surface area (Å²) in [5, 5.41) is 2.45. The van der Waals surface area contributed by atoms with Crippen molar-refractivity contribution in [1.82, 2.24) is 14.4 Å². The number of nitrogens with zero attached hydrogens (tertiary/aromatic N) is 3. The van der Waals surface area contributed by atoms with Gasteiger partial charge in [-0.3, -0.25) is 10.1 Å². The monoisotopic (exact) mass is 374 g/mol. The number of hydrogen-bond donors (Lipinski definition) is 1. The summed E-state index contributed by atoms with van der Waals surface area (Å²) in [6.07, 6.45) is 5.90. The first-order valence-electron chi connectivity index (χ1n) is 9.04. The number of oxazole rings is 1. The highest BCUT2D eigenvalue weighted by atomic mass is 19.3. The van der Waals surface area contributed by atoms with Crippen molar-refractivity contribution in [2.24, 2.45) is 5.92 Å². The van der Waals surface area contributed by atoms with Crippen molar-refractivity contribution in [2.45, 2.75) is 45.0 Å². The summed E-state index contributed by atoms with van der Waals surface area (Å²) >= 11 is 0. The lowest BCUT2D eigenvalue weighted by molar-refractivity contribution is 0.102. The molecule has 6 nitrogen and oxygen atoms in total. The van der Waals surface area contributed by atoms with Gasteiger partial charge in [0.2, 0.25) is 5.88 Å². The molecule has 142 valence electrons. The zero-order valence-electron chi connectivity index (χ0n) is 14.9. The number of fused-ring (bicyclic) bond motifs is 1. The summed E-state index contributed by atoms with van der Waals surface area (Å²) < 4.78 is 34.1. The quantitative estimate of drug-likeness (QED) is 0.712. The van der Waals surface area contributed by atoms with Crippen LogP contribution in [-0.2, 0) is 0 Å². The van der Waals surface area contributed by atoms with Crippen LogP contribution in [0.2, 0.25) is 0 Å². The van der Waals surface area contributed by atoms with Crippen molar-refractivity contribution in [3.8, 4) is 0 Å². The molecule has 0 radical (unpaired) electrons. The zero-order chi connectivity index (χ0) is 19.0. The summed E-state index contributed by atoms with van der Waals surface area (Å²) in [5.74, 6) is 0.0891. The van der Waals surface area contributed by atoms with Gasteiger partial charge in [0.15, 0.2) is 11.6 Å². The van der Waals surface area contributed by atoms with Crippen molar-refractivity contribution in [1.29, 1.82) is 0 Å². The molecule has 27 heavy (non-hydrogen) atoms. The van der Waals surface area contributed by atoms with E-state index >= 15 is 0 Å². The number of carbonyl (C=O) groups is 1. The third-order valence-electron chi connectivity index (χ3n) is 5.13. The minimum Gasteiger partial charge on any atom is -0.424 e. The van der Waals surface area contributed by atoms with Crippen LogP contribution in [0.25, 0.3) is 5.65 Å². The molecule has 0 atom stereocenters. The minimum atomic E-state index is -2.83. The van der Waals surface area contributed by atoms with Crippen LogP contribution in [0.1, 0.15) is 66.9 Å². The number of aromatic nitrogens is 3. The van der Waals surface area contributed by atoms with Crippen molar-refractivity contribution in [3.63, 3.8) is 0 Å². The molecular formula is C19H20F2N4O2. The average Bonchev–Trinajstić information content (AvgIpc) is 3.26. The maximum Gasteiger partial charge on any atom is 0.285 e. The molecule has 1 amide bonds. The van der Waals surface area contributed by atoms with Gasteiger partial charge < -0.3 is 8.82 Å². The van der Waals surface area contributed by atoms with Crippen LogP contribution < -0.4 is 5.32 Å². The third kappa shape index (κ3) is 3.43. The Balaban J connectivity index is 1.60. The molecule has 3 heterocycles. The Morgan fingerprint density at radius 2 is 2.07 bits per heavy atom. The average molecular weight is 374 g/mol. The topological polar surface area (TPSA) is 72.4 Å². The molecule has 1 N–H and O–H groups in total.